The molecule has 23 heavy (non-hydrogen) atoms. The first-order valence-electron chi connectivity index (χ1n) is 7.77. The molecule has 1 unspecified atom stereocenters. The number of para-hydroxylation sites is 1. The molecule has 2 aliphatic rings. The molecule has 116 valence electrons. The number of carbonyl (C=O) groups is 2. The lowest BCUT2D eigenvalue weighted by atomic mass is 9.81. The minimum absolute atomic E-state index is 0.0120. The van der Waals surface area contributed by atoms with Gasteiger partial charge in [0.2, 0.25) is 11.8 Å². The fourth-order valence-electron chi connectivity index (χ4n) is 3.59. The van der Waals surface area contributed by atoms with Gasteiger partial charge in [-0.15, -0.1) is 0 Å². The van der Waals surface area contributed by atoms with Crippen LogP contribution in [0, 0.1) is 0 Å². The summed E-state index contributed by atoms with van der Waals surface area (Å²) in [7, 11) is 0. The third-order valence-corrected chi connectivity index (χ3v) is 4.85. The zero-order valence-electron chi connectivity index (χ0n) is 12.7. The Bertz CT molecular complexity index is 775. The number of carbonyl (C=O) groups excluding carboxylic acids is 2. The molecule has 2 aliphatic heterocycles. The molecule has 1 N–H and O–H groups in total. The molecule has 0 bridgehead atoms. The monoisotopic (exact) mass is 307 g/mol. The molecular weight excluding hydrogens is 290 g/mol. The third kappa shape index (κ3) is 2.20. The number of anilines is 1. The van der Waals surface area contributed by atoms with Crippen LogP contribution in [0.15, 0.2) is 48.8 Å². The summed E-state index contributed by atoms with van der Waals surface area (Å²) in [5.41, 5.74) is 2.26. The lowest BCUT2D eigenvalue weighted by molar-refractivity contribution is -0.129. The van der Waals surface area contributed by atoms with E-state index < -0.39 is 5.41 Å². The molecule has 2 aromatic rings. The van der Waals surface area contributed by atoms with Crippen LogP contribution in [-0.4, -0.2) is 34.8 Å². The Balaban J connectivity index is 1.55. The molecule has 5 nitrogen and oxygen atoms in total. The first-order chi connectivity index (χ1) is 11.2. The highest BCUT2D eigenvalue weighted by molar-refractivity contribution is 6.07. The molecule has 0 aliphatic carbocycles. The highest BCUT2D eigenvalue weighted by Crippen LogP contribution is 2.44. The Morgan fingerprint density at radius 1 is 1.22 bits per heavy atom. The van der Waals surface area contributed by atoms with Gasteiger partial charge in [0.25, 0.3) is 0 Å². The number of hydrogen-bond acceptors (Lipinski definition) is 3. The van der Waals surface area contributed by atoms with Gasteiger partial charge in [-0.3, -0.25) is 14.6 Å². The van der Waals surface area contributed by atoms with E-state index in [0.717, 1.165) is 16.8 Å². The van der Waals surface area contributed by atoms with E-state index in [0.29, 0.717) is 25.9 Å². The van der Waals surface area contributed by atoms with Crippen molar-refractivity contribution in [2.75, 3.05) is 18.4 Å². The van der Waals surface area contributed by atoms with E-state index in [4.69, 9.17) is 0 Å². The predicted octanol–water partition coefficient (Wildman–Crippen LogP) is 1.75. The van der Waals surface area contributed by atoms with E-state index in [2.05, 4.69) is 10.3 Å². The van der Waals surface area contributed by atoms with Gasteiger partial charge in [0.15, 0.2) is 0 Å². The van der Waals surface area contributed by atoms with E-state index in [1.807, 2.05) is 41.3 Å². The number of nitrogens with zero attached hydrogens (tertiary/aromatic N) is 2. The van der Waals surface area contributed by atoms with Crippen molar-refractivity contribution in [1.29, 1.82) is 0 Å². The largest absolute Gasteiger partial charge is 0.341 e. The summed E-state index contributed by atoms with van der Waals surface area (Å²) in [5, 5.41) is 2.95. The van der Waals surface area contributed by atoms with Crippen molar-refractivity contribution in [3.05, 3.63) is 59.9 Å². The van der Waals surface area contributed by atoms with Gasteiger partial charge in [-0.05, 0) is 35.7 Å². The molecule has 1 aromatic heterocycles. The topological polar surface area (TPSA) is 62.3 Å². The SMILES string of the molecule is O=C(Cc1ccncc1)N1CCC2(C1)C(=O)Nc1ccccc12. The number of pyridine rings is 1. The van der Waals surface area contributed by atoms with Crippen molar-refractivity contribution in [1.82, 2.24) is 9.88 Å². The van der Waals surface area contributed by atoms with Crippen molar-refractivity contribution >= 4 is 17.5 Å². The maximum atomic E-state index is 12.5. The minimum atomic E-state index is -0.579. The summed E-state index contributed by atoms with van der Waals surface area (Å²) >= 11 is 0. The molecular formula is C18H17N3O2. The van der Waals surface area contributed by atoms with Crippen LogP contribution in [0.5, 0.6) is 0 Å². The van der Waals surface area contributed by atoms with Crippen LogP contribution in [0.4, 0.5) is 5.69 Å². The van der Waals surface area contributed by atoms with Crippen LogP contribution in [-0.2, 0) is 21.4 Å². The molecule has 2 amide bonds. The van der Waals surface area contributed by atoms with Gasteiger partial charge in [-0.25, -0.2) is 0 Å². The zero-order valence-corrected chi connectivity index (χ0v) is 12.7. The quantitative estimate of drug-likeness (QED) is 0.919. The predicted molar refractivity (Wildman–Crippen MR) is 85.9 cm³/mol. The van der Waals surface area contributed by atoms with Crippen molar-refractivity contribution < 1.29 is 9.59 Å². The smallest absolute Gasteiger partial charge is 0.236 e. The molecule has 1 aromatic carbocycles. The number of hydrogen-bond donors (Lipinski definition) is 1. The van der Waals surface area contributed by atoms with Gasteiger partial charge in [-0.2, -0.15) is 0 Å². The standard InChI is InChI=1S/C18H17N3O2/c22-16(11-13-5-8-19-9-6-13)21-10-7-18(12-21)14-3-1-2-4-15(14)20-17(18)23/h1-6,8-9H,7,10-12H2,(H,20,23). The summed E-state index contributed by atoms with van der Waals surface area (Å²) in [5.74, 6) is 0.0724. The highest BCUT2D eigenvalue weighted by Gasteiger charge is 2.51. The Morgan fingerprint density at radius 2 is 2.00 bits per heavy atom. The van der Waals surface area contributed by atoms with Crippen molar-refractivity contribution in [2.45, 2.75) is 18.3 Å². The van der Waals surface area contributed by atoms with Crippen molar-refractivity contribution in [3.8, 4) is 0 Å². The van der Waals surface area contributed by atoms with Crippen LogP contribution in [0.3, 0.4) is 0 Å². The number of likely N-dealkylation sites (tertiary alicyclic amines) is 1. The summed E-state index contributed by atoms with van der Waals surface area (Å²) in [4.78, 5) is 30.8. The maximum Gasteiger partial charge on any atom is 0.236 e. The molecule has 1 fully saturated rings. The van der Waals surface area contributed by atoms with Crippen LogP contribution in [0.1, 0.15) is 17.5 Å². The average Bonchev–Trinajstić information content (AvgIpc) is 3.13. The van der Waals surface area contributed by atoms with Crippen LogP contribution in [0.2, 0.25) is 0 Å². The molecule has 3 heterocycles. The molecule has 1 spiro atoms. The first-order valence-corrected chi connectivity index (χ1v) is 7.77. The zero-order chi connectivity index (χ0) is 15.9. The second-order valence-corrected chi connectivity index (χ2v) is 6.18. The molecule has 1 saturated heterocycles. The maximum absolute atomic E-state index is 12.5. The Labute approximate surface area is 134 Å². The number of fused-ring (bicyclic) bond motifs is 2. The summed E-state index contributed by atoms with van der Waals surface area (Å²) in [6.45, 7) is 1.07. The molecule has 5 heteroatoms. The second-order valence-electron chi connectivity index (χ2n) is 6.18. The minimum Gasteiger partial charge on any atom is -0.341 e. The van der Waals surface area contributed by atoms with Crippen molar-refractivity contribution in [3.63, 3.8) is 0 Å². The van der Waals surface area contributed by atoms with Gasteiger partial charge in [-0.1, -0.05) is 18.2 Å². The molecule has 1 atom stereocenters. The van der Waals surface area contributed by atoms with Gasteiger partial charge >= 0.3 is 0 Å². The van der Waals surface area contributed by atoms with Crippen molar-refractivity contribution in [2.24, 2.45) is 0 Å². The molecule has 0 radical (unpaired) electrons. The Hall–Kier alpha value is -2.69. The van der Waals surface area contributed by atoms with Crippen LogP contribution in [0.25, 0.3) is 0 Å². The van der Waals surface area contributed by atoms with Crippen LogP contribution >= 0.6 is 0 Å². The number of nitrogens with one attached hydrogen (secondary N) is 1. The molecule has 4 rings (SSSR count). The fraction of sp³-hybridized carbons (Fsp3) is 0.278. The average molecular weight is 307 g/mol. The van der Waals surface area contributed by atoms with E-state index in [9.17, 15) is 9.59 Å². The fourth-order valence-corrected chi connectivity index (χ4v) is 3.59. The van der Waals surface area contributed by atoms with Gasteiger partial charge in [0, 0.05) is 31.2 Å². The number of amides is 2. The van der Waals surface area contributed by atoms with E-state index in [1.54, 1.807) is 12.4 Å². The number of aromatic nitrogens is 1. The lowest BCUT2D eigenvalue weighted by Crippen LogP contribution is -2.39. The van der Waals surface area contributed by atoms with E-state index in [-0.39, 0.29) is 11.8 Å². The third-order valence-electron chi connectivity index (χ3n) is 4.85. The van der Waals surface area contributed by atoms with Gasteiger partial charge in [0.1, 0.15) is 0 Å². The summed E-state index contributed by atoms with van der Waals surface area (Å²) < 4.78 is 0. The first kappa shape index (κ1) is 13.9. The molecule has 0 saturated carbocycles. The lowest BCUT2D eigenvalue weighted by Gasteiger charge is -2.22. The van der Waals surface area contributed by atoms with Crippen LogP contribution < -0.4 is 5.32 Å². The summed E-state index contributed by atoms with van der Waals surface area (Å²) in [6.07, 6.45) is 4.41. The Morgan fingerprint density at radius 3 is 2.83 bits per heavy atom. The van der Waals surface area contributed by atoms with Gasteiger partial charge in [0.05, 0.1) is 11.8 Å². The summed E-state index contributed by atoms with van der Waals surface area (Å²) in [6, 6.07) is 11.5. The second kappa shape index (κ2) is 5.19. The Kier molecular flexibility index (Phi) is 3.15. The van der Waals surface area contributed by atoms with Gasteiger partial charge < -0.3 is 10.2 Å². The van der Waals surface area contributed by atoms with E-state index >= 15 is 0 Å². The number of benzene rings is 1. The number of rotatable bonds is 2. The highest BCUT2D eigenvalue weighted by atomic mass is 16.2. The van der Waals surface area contributed by atoms with E-state index in [1.165, 1.54) is 0 Å². The normalized spacial score (nSPS) is 22.3.